The molecule has 4 heteroatoms. The van der Waals surface area contributed by atoms with Crippen molar-refractivity contribution in [3.63, 3.8) is 0 Å². The van der Waals surface area contributed by atoms with Crippen LogP contribution in [-0.2, 0) is 0 Å². The van der Waals surface area contributed by atoms with Gasteiger partial charge in [-0.05, 0) is 37.6 Å². The molecule has 90 valence electrons. The molecule has 2 aliphatic rings. The first kappa shape index (κ1) is 10.6. The number of anilines is 1. The first-order chi connectivity index (χ1) is 8.25. The van der Waals surface area contributed by atoms with Crippen molar-refractivity contribution in [2.45, 2.75) is 19.5 Å². The quantitative estimate of drug-likeness (QED) is 0.696. The van der Waals surface area contributed by atoms with E-state index in [1.54, 1.807) is 0 Å². The molecule has 0 bridgehead atoms. The number of hydrogen-bond donors (Lipinski definition) is 2. The van der Waals surface area contributed by atoms with Gasteiger partial charge in [0.25, 0.3) is 5.91 Å². The third-order valence-electron chi connectivity index (χ3n) is 3.51. The highest BCUT2D eigenvalue weighted by molar-refractivity contribution is 6.02. The first-order valence-corrected chi connectivity index (χ1v) is 6.14. The zero-order chi connectivity index (χ0) is 11.8. The van der Waals surface area contributed by atoms with Crippen molar-refractivity contribution in [3.8, 4) is 0 Å². The van der Waals surface area contributed by atoms with Crippen LogP contribution in [0.4, 0.5) is 5.69 Å². The molecule has 2 N–H and O–H groups in total. The lowest BCUT2D eigenvalue weighted by molar-refractivity contribution is 0.0926. The van der Waals surface area contributed by atoms with Gasteiger partial charge in [-0.1, -0.05) is 6.07 Å². The Bertz CT molecular complexity index is 458. The highest BCUT2D eigenvalue weighted by Gasteiger charge is 2.31. The lowest BCUT2D eigenvalue weighted by Crippen LogP contribution is -2.53. The molecule has 17 heavy (non-hydrogen) atoms. The van der Waals surface area contributed by atoms with Gasteiger partial charge in [-0.2, -0.15) is 0 Å². The second-order valence-corrected chi connectivity index (χ2v) is 4.74. The van der Waals surface area contributed by atoms with E-state index in [1.165, 1.54) is 5.56 Å². The third kappa shape index (κ3) is 1.78. The first-order valence-electron chi connectivity index (χ1n) is 6.14. The molecule has 1 aromatic carbocycles. The van der Waals surface area contributed by atoms with Crippen LogP contribution in [0.15, 0.2) is 18.2 Å². The summed E-state index contributed by atoms with van der Waals surface area (Å²) in [7, 11) is 0. The van der Waals surface area contributed by atoms with Gasteiger partial charge in [0.15, 0.2) is 0 Å². The summed E-state index contributed by atoms with van der Waals surface area (Å²) in [5, 5.41) is 6.45. The normalized spacial score (nSPS) is 23.5. The fourth-order valence-corrected chi connectivity index (χ4v) is 2.61. The van der Waals surface area contributed by atoms with E-state index in [0.29, 0.717) is 0 Å². The molecule has 0 unspecified atom stereocenters. The second-order valence-electron chi connectivity index (χ2n) is 4.74. The SMILES string of the molecule is Cc1ccc2c(c1)N1CCNCC[C@H]1NC2=O. The van der Waals surface area contributed by atoms with E-state index in [-0.39, 0.29) is 12.1 Å². The molecule has 1 aromatic rings. The van der Waals surface area contributed by atoms with Gasteiger partial charge in [0.1, 0.15) is 6.17 Å². The summed E-state index contributed by atoms with van der Waals surface area (Å²) in [5.41, 5.74) is 3.09. The lowest BCUT2D eigenvalue weighted by Gasteiger charge is -2.37. The molecule has 0 saturated carbocycles. The van der Waals surface area contributed by atoms with Crippen LogP contribution < -0.4 is 15.5 Å². The Morgan fingerprint density at radius 2 is 2.24 bits per heavy atom. The van der Waals surface area contributed by atoms with Crippen molar-refractivity contribution in [2.75, 3.05) is 24.5 Å². The maximum atomic E-state index is 12.0. The van der Waals surface area contributed by atoms with Crippen LogP contribution in [0.2, 0.25) is 0 Å². The number of carbonyl (C=O) groups is 1. The highest BCUT2D eigenvalue weighted by atomic mass is 16.2. The molecule has 0 radical (unpaired) electrons. The summed E-state index contributed by atoms with van der Waals surface area (Å²) in [6.07, 6.45) is 1.10. The number of hydrogen-bond acceptors (Lipinski definition) is 3. The van der Waals surface area contributed by atoms with E-state index < -0.39 is 0 Å². The molecule has 0 aliphatic carbocycles. The number of amides is 1. The van der Waals surface area contributed by atoms with Crippen LogP contribution >= 0.6 is 0 Å². The standard InChI is InChI=1S/C13H17N3O/c1-9-2-3-10-11(8-9)16-7-6-14-5-4-12(16)15-13(10)17/h2-3,8,12,14H,4-7H2,1H3,(H,15,17)/t12-/m0/s1. The van der Waals surface area contributed by atoms with Crippen LogP contribution in [0.3, 0.4) is 0 Å². The maximum Gasteiger partial charge on any atom is 0.254 e. The minimum absolute atomic E-state index is 0.0585. The topological polar surface area (TPSA) is 44.4 Å². The van der Waals surface area contributed by atoms with Gasteiger partial charge in [0.05, 0.1) is 11.3 Å². The fraction of sp³-hybridized carbons (Fsp3) is 0.462. The predicted octanol–water partition coefficient (Wildman–Crippen LogP) is 0.864. The summed E-state index contributed by atoms with van der Waals surface area (Å²) in [5.74, 6) is 0.0585. The van der Waals surface area contributed by atoms with Crippen molar-refractivity contribution >= 4 is 11.6 Å². The average Bonchev–Trinajstić information content (AvgIpc) is 2.54. The zero-order valence-corrected chi connectivity index (χ0v) is 9.99. The van der Waals surface area contributed by atoms with Crippen molar-refractivity contribution < 1.29 is 4.79 Å². The van der Waals surface area contributed by atoms with Crippen molar-refractivity contribution in [1.82, 2.24) is 10.6 Å². The Morgan fingerprint density at radius 1 is 1.35 bits per heavy atom. The summed E-state index contributed by atoms with van der Waals surface area (Å²) < 4.78 is 0. The van der Waals surface area contributed by atoms with E-state index in [1.807, 2.05) is 12.1 Å². The van der Waals surface area contributed by atoms with Crippen molar-refractivity contribution in [2.24, 2.45) is 0 Å². The number of nitrogens with zero attached hydrogens (tertiary/aromatic N) is 1. The number of nitrogens with one attached hydrogen (secondary N) is 2. The van der Waals surface area contributed by atoms with Crippen LogP contribution in [0, 0.1) is 6.92 Å². The van der Waals surface area contributed by atoms with Gasteiger partial charge >= 0.3 is 0 Å². The van der Waals surface area contributed by atoms with Crippen LogP contribution in [0.25, 0.3) is 0 Å². The predicted molar refractivity (Wildman–Crippen MR) is 67.3 cm³/mol. The summed E-state index contributed by atoms with van der Waals surface area (Å²) >= 11 is 0. The lowest BCUT2D eigenvalue weighted by atomic mass is 10.0. The largest absolute Gasteiger partial charge is 0.349 e. The molecule has 4 nitrogen and oxygen atoms in total. The van der Waals surface area contributed by atoms with E-state index in [9.17, 15) is 4.79 Å². The Labute approximate surface area is 101 Å². The van der Waals surface area contributed by atoms with Crippen LogP contribution in [0.5, 0.6) is 0 Å². The molecule has 0 aromatic heterocycles. The summed E-state index contributed by atoms with van der Waals surface area (Å²) in [4.78, 5) is 14.3. The minimum Gasteiger partial charge on any atom is -0.349 e. The summed E-state index contributed by atoms with van der Waals surface area (Å²) in [6, 6.07) is 6.04. The smallest absolute Gasteiger partial charge is 0.254 e. The van der Waals surface area contributed by atoms with E-state index >= 15 is 0 Å². The Morgan fingerprint density at radius 3 is 3.12 bits per heavy atom. The minimum atomic E-state index is 0.0585. The van der Waals surface area contributed by atoms with Gasteiger partial charge in [-0.3, -0.25) is 4.79 Å². The molecular formula is C13H17N3O. The van der Waals surface area contributed by atoms with Crippen molar-refractivity contribution in [1.29, 1.82) is 0 Å². The number of benzene rings is 1. The molecule has 1 saturated heterocycles. The van der Waals surface area contributed by atoms with Gasteiger partial charge in [0, 0.05) is 13.1 Å². The summed E-state index contributed by atoms with van der Waals surface area (Å²) in [6.45, 7) is 4.95. The van der Waals surface area contributed by atoms with E-state index in [2.05, 4.69) is 28.5 Å². The molecule has 3 rings (SSSR count). The third-order valence-corrected chi connectivity index (χ3v) is 3.51. The highest BCUT2D eigenvalue weighted by Crippen LogP contribution is 2.28. The van der Waals surface area contributed by atoms with Crippen LogP contribution in [-0.4, -0.2) is 31.7 Å². The van der Waals surface area contributed by atoms with E-state index in [0.717, 1.165) is 37.3 Å². The van der Waals surface area contributed by atoms with E-state index in [4.69, 9.17) is 0 Å². The van der Waals surface area contributed by atoms with Gasteiger partial charge in [0.2, 0.25) is 0 Å². The molecule has 2 aliphatic heterocycles. The molecule has 2 heterocycles. The Balaban J connectivity index is 2.06. The second kappa shape index (κ2) is 4.04. The molecule has 1 amide bonds. The fourth-order valence-electron chi connectivity index (χ4n) is 2.61. The van der Waals surface area contributed by atoms with Crippen LogP contribution in [0.1, 0.15) is 22.3 Å². The molecule has 0 spiro atoms. The number of rotatable bonds is 0. The molecule has 1 fully saturated rings. The molecule has 1 atom stereocenters. The number of carbonyl (C=O) groups excluding carboxylic acids is 1. The van der Waals surface area contributed by atoms with Gasteiger partial charge < -0.3 is 15.5 Å². The van der Waals surface area contributed by atoms with Crippen molar-refractivity contribution in [3.05, 3.63) is 29.3 Å². The maximum absolute atomic E-state index is 12.0. The zero-order valence-electron chi connectivity index (χ0n) is 9.99. The monoisotopic (exact) mass is 231 g/mol. The molecular weight excluding hydrogens is 214 g/mol. The Kier molecular flexibility index (Phi) is 2.52. The number of fused-ring (bicyclic) bond motifs is 3. The number of aryl methyl sites for hydroxylation is 1. The van der Waals surface area contributed by atoms with Gasteiger partial charge in [-0.25, -0.2) is 0 Å². The Hall–Kier alpha value is -1.55. The van der Waals surface area contributed by atoms with Gasteiger partial charge in [-0.15, -0.1) is 0 Å². The average molecular weight is 231 g/mol.